The van der Waals surface area contributed by atoms with Crippen molar-refractivity contribution in [2.75, 3.05) is 0 Å². The second-order valence-electron chi connectivity index (χ2n) is 3.64. The molecule has 0 saturated heterocycles. The lowest BCUT2D eigenvalue weighted by Gasteiger charge is -2.22. The van der Waals surface area contributed by atoms with Crippen molar-refractivity contribution in [2.45, 2.75) is 16.3 Å². The molecule has 0 saturated carbocycles. The number of carbonyl (C=O) groups excluding carboxylic acids is 1. The van der Waals surface area contributed by atoms with Crippen LogP contribution in [0.5, 0.6) is 0 Å². The van der Waals surface area contributed by atoms with Gasteiger partial charge in [0.15, 0.2) is 0 Å². The molecule has 1 aromatic carbocycles. The molecule has 1 aromatic rings. The molecule has 1 amide bonds. The molecule has 0 unspecified atom stereocenters. The van der Waals surface area contributed by atoms with Crippen LogP contribution in [0, 0.1) is 0 Å². The Bertz CT molecular complexity index is 670. The first-order valence-corrected chi connectivity index (χ1v) is 7.02. The van der Waals surface area contributed by atoms with Crippen molar-refractivity contribution in [3.05, 3.63) is 29.8 Å². The molecule has 0 atom stereocenters. The number of fused-ring (bicyclic) bond motifs is 1. The van der Waals surface area contributed by atoms with Gasteiger partial charge in [0.25, 0.3) is 15.9 Å². The number of amides is 1. The Hall–Kier alpha value is -1.36. The van der Waals surface area contributed by atoms with Gasteiger partial charge in [-0.15, -0.1) is 0 Å². The second kappa shape index (κ2) is 4.32. The summed E-state index contributed by atoms with van der Waals surface area (Å²) in [6, 6.07) is 4.47. The molecule has 0 N–H and O–H groups in total. The lowest BCUT2D eigenvalue weighted by atomic mass is 10.2. The van der Waals surface area contributed by atoms with E-state index in [-0.39, 0.29) is 0 Å². The van der Waals surface area contributed by atoms with Crippen LogP contribution in [-0.2, 0) is 10.0 Å². The number of hydrogen-bond acceptors (Lipinski definition) is 4. The van der Waals surface area contributed by atoms with Crippen LogP contribution in [0.25, 0.3) is 0 Å². The molecule has 0 fully saturated rings. The molecule has 1 aliphatic rings. The van der Waals surface area contributed by atoms with E-state index < -0.39 is 53.5 Å². The smallest absolute Gasteiger partial charge is 0.267 e. The quantitative estimate of drug-likeness (QED) is 0.617. The Balaban J connectivity index is 2.45. The summed E-state index contributed by atoms with van der Waals surface area (Å²) in [7, 11) is -4.72. The number of halogens is 5. The standard InChI is InChI=1S/C9H4F5NO3S2/c10-8(11,12)9(13,14)19-15-7(16)5-3-1-2-4-6(5)20(15,17)18/h1-4H. The van der Waals surface area contributed by atoms with Crippen LogP contribution in [0.3, 0.4) is 0 Å². The van der Waals surface area contributed by atoms with Crippen molar-refractivity contribution in [3.63, 3.8) is 0 Å². The first kappa shape index (κ1) is 15.0. The van der Waals surface area contributed by atoms with Gasteiger partial charge in [-0.2, -0.15) is 25.7 Å². The van der Waals surface area contributed by atoms with Gasteiger partial charge in [-0.3, -0.25) is 4.79 Å². The molecule has 2 rings (SSSR count). The normalized spacial score (nSPS) is 18.2. The highest BCUT2D eigenvalue weighted by Crippen LogP contribution is 2.49. The van der Waals surface area contributed by atoms with E-state index >= 15 is 0 Å². The van der Waals surface area contributed by atoms with E-state index in [4.69, 9.17) is 0 Å². The molecule has 20 heavy (non-hydrogen) atoms. The molecular weight excluding hydrogens is 329 g/mol. The van der Waals surface area contributed by atoms with E-state index in [0.717, 1.165) is 12.1 Å². The van der Waals surface area contributed by atoms with Crippen LogP contribution in [0.15, 0.2) is 29.2 Å². The Morgan fingerprint density at radius 1 is 1.05 bits per heavy atom. The number of carbonyl (C=O) groups is 1. The number of sulfonamides is 1. The lowest BCUT2D eigenvalue weighted by Crippen LogP contribution is -2.38. The van der Waals surface area contributed by atoms with E-state index in [9.17, 15) is 35.2 Å². The number of benzene rings is 1. The van der Waals surface area contributed by atoms with Gasteiger partial charge in [0, 0.05) is 0 Å². The molecule has 1 aliphatic heterocycles. The molecule has 0 aliphatic carbocycles. The summed E-state index contributed by atoms with van der Waals surface area (Å²) >= 11 is -1.37. The van der Waals surface area contributed by atoms with E-state index in [1.165, 1.54) is 12.1 Å². The van der Waals surface area contributed by atoms with Crippen molar-refractivity contribution in [1.82, 2.24) is 3.71 Å². The van der Waals surface area contributed by atoms with Crippen LogP contribution in [-0.4, -0.2) is 29.5 Å². The van der Waals surface area contributed by atoms with Crippen LogP contribution in [0.4, 0.5) is 22.0 Å². The zero-order valence-electron chi connectivity index (χ0n) is 9.19. The number of rotatable bonds is 2. The van der Waals surface area contributed by atoms with Crippen molar-refractivity contribution in [2.24, 2.45) is 0 Å². The summed E-state index contributed by atoms with van der Waals surface area (Å²) < 4.78 is 85.1. The average molecular weight is 333 g/mol. The van der Waals surface area contributed by atoms with Gasteiger partial charge in [0.1, 0.15) is 4.90 Å². The highest BCUT2D eigenvalue weighted by Gasteiger charge is 2.62. The minimum Gasteiger partial charge on any atom is -0.267 e. The van der Waals surface area contributed by atoms with Crippen LogP contribution in [0.1, 0.15) is 10.4 Å². The van der Waals surface area contributed by atoms with E-state index in [2.05, 4.69) is 0 Å². The second-order valence-corrected chi connectivity index (χ2v) is 6.69. The maximum absolute atomic E-state index is 12.9. The molecule has 110 valence electrons. The minimum atomic E-state index is -5.98. The largest absolute Gasteiger partial charge is 0.465 e. The first-order valence-electron chi connectivity index (χ1n) is 4.81. The lowest BCUT2D eigenvalue weighted by molar-refractivity contribution is -0.238. The Morgan fingerprint density at radius 3 is 2.10 bits per heavy atom. The van der Waals surface area contributed by atoms with Gasteiger partial charge in [0.05, 0.1) is 17.5 Å². The molecule has 0 radical (unpaired) electrons. The predicted molar refractivity (Wildman–Crippen MR) is 58.4 cm³/mol. The third kappa shape index (κ3) is 2.14. The van der Waals surface area contributed by atoms with E-state index in [0.29, 0.717) is 0 Å². The van der Waals surface area contributed by atoms with Crippen molar-refractivity contribution in [3.8, 4) is 0 Å². The zero-order valence-corrected chi connectivity index (χ0v) is 10.8. The molecule has 0 aromatic heterocycles. The van der Waals surface area contributed by atoms with Crippen molar-refractivity contribution in [1.29, 1.82) is 0 Å². The summed E-state index contributed by atoms with van der Waals surface area (Å²) in [5.41, 5.74) is -0.446. The van der Waals surface area contributed by atoms with Gasteiger partial charge in [-0.1, -0.05) is 12.1 Å². The third-order valence-electron chi connectivity index (χ3n) is 2.31. The van der Waals surface area contributed by atoms with Crippen LogP contribution >= 0.6 is 11.9 Å². The Morgan fingerprint density at radius 2 is 1.60 bits per heavy atom. The zero-order chi connectivity index (χ0) is 15.3. The summed E-state index contributed by atoms with van der Waals surface area (Å²) in [6.07, 6.45) is -5.98. The summed E-state index contributed by atoms with van der Waals surface area (Å²) in [4.78, 5) is 11.0. The summed E-state index contributed by atoms with van der Waals surface area (Å²) in [5.74, 6) is -1.44. The van der Waals surface area contributed by atoms with E-state index in [1.54, 1.807) is 0 Å². The fraction of sp³-hybridized carbons (Fsp3) is 0.222. The number of alkyl halides is 5. The highest BCUT2D eigenvalue weighted by atomic mass is 32.3. The molecule has 0 bridgehead atoms. The van der Waals surface area contributed by atoms with E-state index in [1.807, 2.05) is 0 Å². The highest BCUT2D eigenvalue weighted by molar-refractivity contribution is 8.10. The van der Waals surface area contributed by atoms with Gasteiger partial charge >= 0.3 is 11.4 Å². The maximum atomic E-state index is 12.9. The summed E-state index contributed by atoms with van der Waals surface area (Å²) in [5, 5.41) is -5.40. The topological polar surface area (TPSA) is 54.5 Å². The van der Waals surface area contributed by atoms with Crippen molar-refractivity contribution >= 4 is 27.9 Å². The van der Waals surface area contributed by atoms with Gasteiger partial charge in [-0.25, -0.2) is 8.42 Å². The fourth-order valence-electron chi connectivity index (χ4n) is 1.41. The molecule has 1 heterocycles. The third-order valence-corrected chi connectivity index (χ3v) is 5.43. The average Bonchev–Trinajstić information content (AvgIpc) is 2.50. The number of nitrogens with zero attached hydrogens (tertiary/aromatic N) is 1. The predicted octanol–water partition coefficient (Wildman–Crippen LogP) is 2.63. The molecule has 4 nitrogen and oxygen atoms in total. The van der Waals surface area contributed by atoms with Gasteiger partial charge in [-0.05, 0) is 12.1 Å². The fourth-order valence-corrected chi connectivity index (χ4v) is 4.00. The SMILES string of the molecule is O=C1c2ccccc2S(=O)(=O)N1SC(F)(F)C(F)(F)F. The van der Waals surface area contributed by atoms with Crippen LogP contribution in [0.2, 0.25) is 0 Å². The van der Waals surface area contributed by atoms with Crippen LogP contribution < -0.4 is 0 Å². The van der Waals surface area contributed by atoms with Gasteiger partial charge < -0.3 is 0 Å². The molecule has 11 heteroatoms. The Kier molecular flexibility index (Phi) is 3.25. The molecular formula is C9H4F5NO3S2. The maximum Gasteiger partial charge on any atom is 0.465 e. The first-order chi connectivity index (χ1) is 8.98. The van der Waals surface area contributed by atoms with Crippen molar-refractivity contribution < 1.29 is 35.2 Å². The van der Waals surface area contributed by atoms with Gasteiger partial charge in [0.2, 0.25) is 0 Å². The monoisotopic (exact) mass is 333 g/mol. The minimum absolute atomic E-state index is 0.446. The number of hydrogen-bond donors (Lipinski definition) is 0. The summed E-state index contributed by atoms with van der Waals surface area (Å²) in [6.45, 7) is 0. The molecule has 0 spiro atoms. The Labute approximate surface area is 113 Å².